The maximum Gasteiger partial charge on any atom is 0.102 e. The maximum absolute atomic E-state index is 4.78. The molecule has 0 bridgehead atoms. The third-order valence-corrected chi connectivity index (χ3v) is 9.32. The molecular weight excluding hydrogens is 438 g/mol. The van der Waals surface area contributed by atoms with Crippen LogP contribution in [0.2, 0.25) is 0 Å². The van der Waals surface area contributed by atoms with Gasteiger partial charge >= 0.3 is 0 Å². The molecule has 0 aliphatic rings. The van der Waals surface area contributed by atoms with E-state index < -0.39 is 0 Å². The van der Waals surface area contributed by atoms with Crippen molar-refractivity contribution in [2.75, 3.05) is 0 Å². The molecule has 1 aromatic carbocycles. The SMILES string of the molecule is Cc1cc2sc3cc(-n4c5ccccc5c5cc(-c6ccccn6)ncc54)sc3c2s1. The molecule has 0 saturated heterocycles. The van der Waals surface area contributed by atoms with E-state index in [1.165, 1.54) is 45.0 Å². The molecule has 0 aliphatic carbocycles. The Kier molecular flexibility index (Phi) is 3.67. The Balaban J connectivity index is 1.52. The van der Waals surface area contributed by atoms with Gasteiger partial charge in [-0.3, -0.25) is 14.5 Å². The summed E-state index contributed by atoms with van der Waals surface area (Å²) in [6, 6.07) is 21.4. The fourth-order valence-electron chi connectivity index (χ4n) is 4.31. The number of benzene rings is 1. The number of nitrogens with zero attached hydrogens (tertiary/aromatic N) is 3. The topological polar surface area (TPSA) is 30.7 Å². The highest BCUT2D eigenvalue weighted by Gasteiger charge is 2.18. The van der Waals surface area contributed by atoms with E-state index >= 15 is 0 Å². The molecule has 0 unspecified atom stereocenters. The van der Waals surface area contributed by atoms with Crippen molar-refractivity contribution in [1.29, 1.82) is 0 Å². The highest BCUT2D eigenvalue weighted by molar-refractivity contribution is 7.39. The third-order valence-electron chi connectivity index (χ3n) is 5.64. The molecule has 0 spiro atoms. The van der Waals surface area contributed by atoms with Crippen LogP contribution in [0.4, 0.5) is 0 Å². The monoisotopic (exact) mass is 453 g/mol. The van der Waals surface area contributed by atoms with E-state index in [2.05, 4.69) is 58.9 Å². The Hall–Kier alpha value is -3.06. The first-order valence-electron chi connectivity index (χ1n) is 10.00. The van der Waals surface area contributed by atoms with Gasteiger partial charge in [-0.05, 0) is 43.3 Å². The van der Waals surface area contributed by atoms with E-state index in [-0.39, 0.29) is 0 Å². The van der Waals surface area contributed by atoms with Crippen LogP contribution < -0.4 is 0 Å². The van der Waals surface area contributed by atoms with Crippen molar-refractivity contribution in [3.05, 3.63) is 77.9 Å². The van der Waals surface area contributed by atoms with Crippen LogP contribution in [0.15, 0.2) is 73.1 Å². The summed E-state index contributed by atoms with van der Waals surface area (Å²) in [5.41, 5.74) is 4.14. The smallest absolute Gasteiger partial charge is 0.102 e. The number of fused-ring (bicyclic) bond motifs is 6. The van der Waals surface area contributed by atoms with Crippen molar-refractivity contribution in [2.45, 2.75) is 6.92 Å². The Morgan fingerprint density at radius 3 is 2.45 bits per heavy atom. The van der Waals surface area contributed by atoms with Crippen molar-refractivity contribution in [3.8, 4) is 16.4 Å². The van der Waals surface area contributed by atoms with Crippen molar-refractivity contribution in [2.24, 2.45) is 0 Å². The number of aryl methyl sites for hydroxylation is 1. The van der Waals surface area contributed by atoms with E-state index in [0.29, 0.717) is 0 Å². The second kappa shape index (κ2) is 6.47. The molecule has 7 rings (SSSR count). The Labute approximate surface area is 189 Å². The van der Waals surface area contributed by atoms with Crippen LogP contribution in [0.25, 0.3) is 57.0 Å². The van der Waals surface area contributed by atoms with E-state index in [1.54, 1.807) is 0 Å². The van der Waals surface area contributed by atoms with Gasteiger partial charge < -0.3 is 0 Å². The lowest BCUT2D eigenvalue weighted by atomic mass is 10.1. The molecule has 0 saturated carbocycles. The van der Waals surface area contributed by atoms with Gasteiger partial charge in [0.25, 0.3) is 0 Å². The quantitative estimate of drug-likeness (QED) is 0.265. The van der Waals surface area contributed by atoms with Crippen LogP contribution in [0.3, 0.4) is 0 Å². The van der Waals surface area contributed by atoms with E-state index in [0.717, 1.165) is 16.9 Å². The molecule has 7 aromatic rings. The fourth-order valence-corrected chi connectivity index (χ4v) is 8.27. The first-order chi connectivity index (χ1) is 15.3. The van der Waals surface area contributed by atoms with E-state index in [1.807, 2.05) is 64.6 Å². The Morgan fingerprint density at radius 2 is 1.55 bits per heavy atom. The fraction of sp³-hybridized carbons (Fsp3) is 0.0400. The van der Waals surface area contributed by atoms with Gasteiger partial charge in [-0.25, -0.2) is 0 Å². The van der Waals surface area contributed by atoms with E-state index in [9.17, 15) is 0 Å². The van der Waals surface area contributed by atoms with Crippen LogP contribution in [0, 0.1) is 6.92 Å². The number of pyridine rings is 2. The van der Waals surface area contributed by atoms with Crippen LogP contribution in [-0.4, -0.2) is 14.5 Å². The molecule has 0 N–H and O–H groups in total. The number of rotatable bonds is 2. The first-order valence-corrected chi connectivity index (χ1v) is 12.4. The normalized spacial score (nSPS) is 12.0. The first kappa shape index (κ1) is 17.6. The molecule has 6 aromatic heterocycles. The van der Waals surface area contributed by atoms with Crippen LogP contribution in [0.5, 0.6) is 0 Å². The molecule has 0 atom stereocenters. The second-order valence-corrected chi connectivity index (χ2v) is 11.0. The minimum Gasteiger partial charge on any atom is -0.299 e. The molecule has 31 heavy (non-hydrogen) atoms. The van der Waals surface area contributed by atoms with Crippen molar-refractivity contribution >= 4 is 74.6 Å². The summed E-state index contributed by atoms with van der Waals surface area (Å²) >= 11 is 5.67. The summed E-state index contributed by atoms with van der Waals surface area (Å²) < 4.78 is 7.95. The number of para-hydroxylation sites is 1. The highest BCUT2D eigenvalue weighted by atomic mass is 32.1. The molecule has 6 heteroatoms. The van der Waals surface area contributed by atoms with E-state index in [4.69, 9.17) is 4.98 Å². The lowest BCUT2D eigenvalue weighted by molar-refractivity contribution is 1.20. The summed E-state index contributed by atoms with van der Waals surface area (Å²) in [5.74, 6) is 0. The average Bonchev–Trinajstić information content (AvgIpc) is 3.52. The van der Waals surface area contributed by atoms with Gasteiger partial charge in [0.1, 0.15) is 5.00 Å². The summed E-state index contributed by atoms with van der Waals surface area (Å²) in [6.45, 7) is 2.19. The van der Waals surface area contributed by atoms with Crippen molar-refractivity contribution in [1.82, 2.24) is 14.5 Å². The highest BCUT2D eigenvalue weighted by Crippen LogP contribution is 2.46. The average molecular weight is 454 g/mol. The molecule has 0 fully saturated rings. The molecule has 0 aliphatic heterocycles. The number of hydrogen-bond acceptors (Lipinski definition) is 5. The minimum absolute atomic E-state index is 0.897. The maximum atomic E-state index is 4.78. The van der Waals surface area contributed by atoms with Crippen molar-refractivity contribution in [3.63, 3.8) is 0 Å². The molecule has 6 heterocycles. The number of hydrogen-bond donors (Lipinski definition) is 0. The lowest BCUT2D eigenvalue weighted by Gasteiger charge is -2.04. The molecule has 3 nitrogen and oxygen atoms in total. The van der Waals surface area contributed by atoms with Gasteiger partial charge in [0, 0.05) is 31.2 Å². The van der Waals surface area contributed by atoms with Gasteiger partial charge in [0.2, 0.25) is 0 Å². The largest absolute Gasteiger partial charge is 0.299 e. The van der Waals surface area contributed by atoms with Gasteiger partial charge in [-0.1, -0.05) is 24.3 Å². The Morgan fingerprint density at radius 1 is 0.710 bits per heavy atom. The van der Waals surface area contributed by atoms with Gasteiger partial charge in [0.05, 0.1) is 38.0 Å². The molecule has 148 valence electrons. The van der Waals surface area contributed by atoms with Crippen LogP contribution in [0.1, 0.15) is 4.88 Å². The standard InChI is InChI=1S/C25H15N3S3/c1-14-10-21-24(29-14)25-22(30-21)12-23(31-25)28-19-8-3-2-6-15(19)16-11-18(27-13-20(16)28)17-7-4-5-9-26-17/h2-13H,1H3. The lowest BCUT2D eigenvalue weighted by Crippen LogP contribution is -1.91. The predicted molar refractivity (Wildman–Crippen MR) is 135 cm³/mol. The zero-order valence-electron chi connectivity index (χ0n) is 16.5. The number of thiophene rings is 3. The van der Waals surface area contributed by atoms with Crippen molar-refractivity contribution < 1.29 is 0 Å². The summed E-state index contributed by atoms with van der Waals surface area (Å²) in [6.07, 6.45) is 3.81. The summed E-state index contributed by atoms with van der Waals surface area (Å²) in [4.78, 5) is 10.6. The summed E-state index contributed by atoms with van der Waals surface area (Å²) in [5, 5.41) is 3.69. The van der Waals surface area contributed by atoms with Crippen LogP contribution >= 0.6 is 34.0 Å². The van der Waals surface area contributed by atoms with Crippen LogP contribution in [-0.2, 0) is 0 Å². The van der Waals surface area contributed by atoms with Gasteiger partial charge in [-0.15, -0.1) is 34.0 Å². The minimum atomic E-state index is 0.897. The van der Waals surface area contributed by atoms with Gasteiger partial charge in [0.15, 0.2) is 0 Å². The molecule has 0 radical (unpaired) electrons. The predicted octanol–water partition coefficient (Wildman–Crippen LogP) is 8.04. The zero-order valence-corrected chi connectivity index (χ0v) is 18.9. The Bertz CT molecular complexity index is 1750. The molecule has 0 amide bonds. The second-order valence-electron chi connectivity index (χ2n) is 7.58. The third kappa shape index (κ3) is 2.56. The number of aromatic nitrogens is 3. The summed E-state index contributed by atoms with van der Waals surface area (Å²) in [7, 11) is 0. The zero-order chi connectivity index (χ0) is 20.5. The molecular formula is C25H15N3S3. The van der Waals surface area contributed by atoms with Gasteiger partial charge in [-0.2, -0.15) is 0 Å².